The molecule has 0 saturated heterocycles. The summed E-state index contributed by atoms with van der Waals surface area (Å²) in [6.07, 6.45) is -3.63. The molecule has 0 spiro atoms. The van der Waals surface area contributed by atoms with E-state index in [1.165, 1.54) is 6.08 Å². The fraction of sp³-hybridized carbons (Fsp3) is 0.308. The zero-order valence-electron chi connectivity index (χ0n) is 9.57. The molecular weight excluding hydrogens is 245 g/mol. The lowest BCUT2D eigenvalue weighted by Gasteiger charge is -2.09. The molecule has 0 bridgehead atoms. The molecule has 0 heterocycles. The minimum Gasteiger partial charge on any atom is -0.396 e. The summed E-state index contributed by atoms with van der Waals surface area (Å²) < 4.78 is 37.1. The zero-order chi connectivity index (χ0) is 13.6. The van der Waals surface area contributed by atoms with Crippen molar-refractivity contribution in [3.05, 3.63) is 41.5 Å². The molecule has 0 aliphatic heterocycles. The maximum absolute atomic E-state index is 12.4. The van der Waals surface area contributed by atoms with Crippen LogP contribution in [0.1, 0.15) is 18.4 Å². The van der Waals surface area contributed by atoms with E-state index in [0.717, 1.165) is 0 Å². The first-order valence-corrected chi connectivity index (χ1v) is 5.43. The van der Waals surface area contributed by atoms with Crippen molar-refractivity contribution in [2.45, 2.75) is 19.0 Å². The quantitative estimate of drug-likeness (QED) is 0.824. The van der Waals surface area contributed by atoms with Crippen molar-refractivity contribution in [2.24, 2.45) is 0 Å². The van der Waals surface area contributed by atoms with Crippen molar-refractivity contribution >= 4 is 11.9 Å². The Morgan fingerprint density at radius 2 is 1.83 bits per heavy atom. The van der Waals surface area contributed by atoms with Gasteiger partial charge in [-0.2, -0.15) is 13.2 Å². The van der Waals surface area contributed by atoms with Crippen LogP contribution in [-0.4, -0.2) is 23.7 Å². The van der Waals surface area contributed by atoms with Crippen molar-refractivity contribution in [3.8, 4) is 0 Å². The van der Waals surface area contributed by atoms with Crippen LogP contribution >= 0.6 is 0 Å². The van der Waals surface area contributed by atoms with E-state index in [2.05, 4.69) is 0 Å². The fourth-order valence-corrected chi connectivity index (χ4v) is 1.45. The largest absolute Gasteiger partial charge is 0.454 e. The number of carbonyl (C=O) groups is 1. The Labute approximate surface area is 103 Å². The molecule has 0 saturated carbocycles. The van der Waals surface area contributed by atoms with Crippen molar-refractivity contribution in [1.29, 1.82) is 0 Å². The Morgan fingerprint density at radius 1 is 1.22 bits per heavy atom. The maximum Gasteiger partial charge on any atom is 0.454 e. The third kappa shape index (κ3) is 4.33. The molecule has 1 aromatic carbocycles. The molecule has 0 amide bonds. The zero-order valence-corrected chi connectivity index (χ0v) is 9.57. The van der Waals surface area contributed by atoms with Crippen LogP contribution < -0.4 is 0 Å². The van der Waals surface area contributed by atoms with Crippen LogP contribution in [0, 0.1) is 0 Å². The van der Waals surface area contributed by atoms with Crippen LogP contribution in [0.5, 0.6) is 0 Å². The fourth-order valence-electron chi connectivity index (χ4n) is 1.45. The lowest BCUT2D eigenvalue weighted by Crippen LogP contribution is -2.24. The molecule has 0 unspecified atom stereocenters. The third-order valence-electron chi connectivity index (χ3n) is 2.29. The number of ketones is 1. The summed E-state index contributed by atoms with van der Waals surface area (Å²) in [7, 11) is 0. The summed E-state index contributed by atoms with van der Waals surface area (Å²) in [5.74, 6) is -1.85. The molecule has 18 heavy (non-hydrogen) atoms. The van der Waals surface area contributed by atoms with Gasteiger partial charge in [0.2, 0.25) is 0 Å². The van der Waals surface area contributed by atoms with Gasteiger partial charge >= 0.3 is 6.18 Å². The number of carbonyl (C=O) groups excluding carboxylic acids is 1. The van der Waals surface area contributed by atoms with Crippen molar-refractivity contribution < 1.29 is 23.1 Å². The van der Waals surface area contributed by atoms with Crippen LogP contribution in [0.3, 0.4) is 0 Å². The molecule has 98 valence electrons. The van der Waals surface area contributed by atoms with E-state index in [9.17, 15) is 18.0 Å². The highest BCUT2D eigenvalue weighted by molar-refractivity contribution is 6.03. The maximum atomic E-state index is 12.4. The summed E-state index contributed by atoms with van der Waals surface area (Å²) in [5, 5.41) is 8.65. The number of hydrogen-bond acceptors (Lipinski definition) is 2. The lowest BCUT2D eigenvalue weighted by atomic mass is 10.0. The molecule has 1 N–H and O–H groups in total. The summed E-state index contributed by atoms with van der Waals surface area (Å²) >= 11 is 0. The van der Waals surface area contributed by atoms with Gasteiger partial charge in [0.05, 0.1) is 0 Å². The second-order valence-corrected chi connectivity index (χ2v) is 3.73. The smallest absolute Gasteiger partial charge is 0.396 e. The Kier molecular flexibility index (Phi) is 5.09. The predicted molar refractivity (Wildman–Crippen MR) is 61.8 cm³/mol. The number of aliphatic hydroxyl groups is 1. The summed E-state index contributed by atoms with van der Waals surface area (Å²) in [6.45, 7) is -0.253. The Bertz CT molecular complexity index is 422. The average Bonchev–Trinajstić information content (AvgIpc) is 2.33. The molecule has 0 atom stereocenters. The van der Waals surface area contributed by atoms with E-state index < -0.39 is 12.0 Å². The monoisotopic (exact) mass is 258 g/mol. The predicted octanol–water partition coefficient (Wildman–Crippen LogP) is 2.97. The number of alkyl halides is 3. The SMILES string of the molecule is O=C(C(=Cc1ccccc1)CCCO)C(F)(F)F. The molecule has 2 nitrogen and oxygen atoms in total. The number of allylic oxidation sites excluding steroid dienone is 1. The van der Waals surface area contributed by atoms with E-state index in [1.54, 1.807) is 30.3 Å². The van der Waals surface area contributed by atoms with Crippen molar-refractivity contribution in [2.75, 3.05) is 6.61 Å². The number of benzene rings is 1. The topological polar surface area (TPSA) is 37.3 Å². The first-order chi connectivity index (χ1) is 8.45. The molecular formula is C13H13F3O2. The lowest BCUT2D eigenvalue weighted by molar-refractivity contribution is -0.166. The van der Waals surface area contributed by atoms with Crippen LogP contribution in [-0.2, 0) is 4.79 Å². The average molecular weight is 258 g/mol. The Balaban J connectivity index is 2.98. The van der Waals surface area contributed by atoms with Gasteiger partial charge in [-0.1, -0.05) is 30.3 Å². The molecule has 5 heteroatoms. The van der Waals surface area contributed by atoms with E-state index >= 15 is 0 Å². The normalized spacial score (nSPS) is 12.6. The van der Waals surface area contributed by atoms with Gasteiger partial charge in [-0.3, -0.25) is 4.79 Å². The summed E-state index contributed by atoms with van der Waals surface area (Å²) in [6, 6.07) is 8.31. The van der Waals surface area contributed by atoms with Crippen molar-refractivity contribution in [1.82, 2.24) is 0 Å². The van der Waals surface area contributed by atoms with E-state index in [4.69, 9.17) is 5.11 Å². The number of rotatable bonds is 5. The summed E-state index contributed by atoms with van der Waals surface area (Å²) in [4.78, 5) is 11.2. The summed E-state index contributed by atoms with van der Waals surface area (Å²) in [5.41, 5.74) is 0.200. The Morgan fingerprint density at radius 3 is 2.33 bits per heavy atom. The molecule has 0 radical (unpaired) electrons. The van der Waals surface area contributed by atoms with Crippen LogP contribution in [0.2, 0.25) is 0 Å². The minimum absolute atomic E-state index is 0.0935. The number of hydrogen-bond donors (Lipinski definition) is 1. The Hall–Kier alpha value is -1.62. The van der Waals surface area contributed by atoms with E-state index in [0.29, 0.717) is 5.56 Å². The van der Waals surface area contributed by atoms with Gasteiger partial charge < -0.3 is 5.11 Å². The van der Waals surface area contributed by atoms with Crippen molar-refractivity contribution in [3.63, 3.8) is 0 Å². The number of aliphatic hydroxyl groups excluding tert-OH is 1. The van der Waals surface area contributed by atoms with Gasteiger partial charge in [-0.25, -0.2) is 0 Å². The first-order valence-electron chi connectivity index (χ1n) is 5.43. The third-order valence-corrected chi connectivity index (χ3v) is 2.29. The van der Waals surface area contributed by atoms with Gasteiger partial charge in [0, 0.05) is 12.2 Å². The van der Waals surface area contributed by atoms with Gasteiger partial charge in [0.15, 0.2) is 0 Å². The van der Waals surface area contributed by atoms with Gasteiger partial charge in [0.1, 0.15) is 0 Å². The highest BCUT2D eigenvalue weighted by Gasteiger charge is 2.40. The highest BCUT2D eigenvalue weighted by atomic mass is 19.4. The van der Waals surface area contributed by atoms with E-state index in [-0.39, 0.29) is 25.0 Å². The first kappa shape index (κ1) is 14.4. The standard InChI is InChI=1S/C13H13F3O2/c14-13(15,16)12(18)11(7-4-8-17)9-10-5-2-1-3-6-10/h1-3,5-6,9,17H,4,7-8H2. The van der Waals surface area contributed by atoms with Crippen LogP contribution in [0.25, 0.3) is 6.08 Å². The highest BCUT2D eigenvalue weighted by Crippen LogP contribution is 2.24. The second-order valence-electron chi connectivity index (χ2n) is 3.73. The second kappa shape index (κ2) is 6.35. The molecule has 0 fully saturated rings. The molecule has 1 aromatic rings. The van der Waals surface area contributed by atoms with Crippen LogP contribution in [0.4, 0.5) is 13.2 Å². The van der Waals surface area contributed by atoms with E-state index in [1.807, 2.05) is 0 Å². The molecule has 0 aliphatic carbocycles. The molecule has 0 aromatic heterocycles. The molecule has 1 rings (SSSR count). The van der Waals surface area contributed by atoms with Gasteiger partial charge in [0.25, 0.3) is 5.78 Å². The number of halogens is 3. The molecule has 0 aliphatic rings. The van der Waals surface area contributed by atoms with Crippen LogP contribution in [0.15, 0.2) is 35.9 Å². The van der Waals surface area contributed by atoms with Gasteiger partial charge in [-0.05, 0) is 24.5 Å². The minimum atomic E-state index is -4.88. The number of Topliss-reactive ketones (excluding diaryl/α,β-unsaturated/α-hetero) is 1. The van der Waals surface area contributed by atoms with Gasteiger partial charge in [-0.15, -0.1) is 0 Å².